The quantitative estimate of drug-likeness (QED) is 0.860. The molecule has 2 rings (SSSR count). The Morgan fingerprint density at radius 3 is 2.67 bits per heavy atom. The number of para-hydroxylation sites is 1. The highest BCUT2D eigenvalue weighted by molar-refractivity contribution is 8.13. The molecule has 0 bridgehead atoms. The fraction of sp³-hybridized carbons (Fsp3) is 0.444. The van der Waals surface area contributed by atoms with Gasteiger partial charge in [-0.15, -0.1) is 0 Å². The molecule has 1 atom stereocenters. The molecule has 1 aromatic carbocycles. The smallest absolute Gasteiger partial charge is 0.408 e. The van der Waals surface area contributed by atoms with E-state index in [-0.39, 0.29) is 5.12 Å². The van der Waals surface area contributed by atoms with Gasteiger partial charge in [0.2, 0.25) is 5.12 Å². The van der Waals surface area contributed by atoms with Crippen LogP contribution in [-0.2, 0) is 16.0 Å². The van der Waals surface area contributed by atoms with Gasteiger partial charge in [-0.2, -0.15) is 0 Å². The Kier molecular flexibility index (Phi) is 5.94. The van der Waals surface area contributed by atoms with Gasteiger partial charge in [0.1, 0.15) is 11.6 Å². The maximum Gasteiger partial charge on any atom is 0.408 e. The molecule has 0 saturated heterocycles. The van der Waals surface area contributed by atoms with Crippen LogP contribution in [0.25, 0.3) is 10.9 Å². The van der Waals surface area contributed by atoms with Crippen molar-refractivity contribution in [2.75, 3.05) is 5.75 Å². The van der Waals surface area contributed by atoms with Crippen molar-refractivity contribution in [2.24, 2.45) is 0 Å². The number of aromatic nitrogens is 1. The van der Waals surface area contributed by atoms with E-state index < -0.39 is 17.7 Å². The summed E-state index contributed by atoms with van der Waals surface area (Å²) in [7, 11) is 0. The molecule has 2 N–H and O–H groups in total. The van der Waals surface area contributed by atoms with E-state index >= 15 is 0 Å². The molecule has 0 radical (unpaired) electrons. The minimum Gasteiger partial charge on any atom is -0.444 e. The third kappa shape index (κ3) is 5.03. The first-order valence-corrected chi connectivity index (χ1v) is 9.00. The van der Waals surface area contributed by atoms with Crippen molar-refractivity contribution in [3.63, 3.8) is 0 Å². The number of benzene rings is 1. The van der Waals surface area contributed by atoms with Gasteiger partial charge in [-0.25, -0.2) is 4.79 Å². The average Bonchev–Trinajstić information content (AvgIpc) is 2.88. The van der Waals surface area contributed by atoms with Gasteiger partial charge in [0, 0.05) is 23.5 Å². The van der Waals surface area contributed by atoms with E-state index in [2.05, 4.69) is 10.3 Å². The lowest BCUT2D eigenvalue weighted by molar-refractivity contribution is -0.112. The number of fused-ring (bicyclic) bond motifs is 1. The topological polar surface area (TPSA) is 71.2 Å². The number of alkyl carbamates (subject to hydrolysis) is 1. The lowest BCUT2D eigenvalue weighted by Crippen LogP contribution is -2.43. The first-order valence-electron chi connectivity index (χ1n) is 8.01. The summed E-state index contributed by atoms with van der Waals surface area (Å²) in [6.07, 6.45) is 1.74. The number of carbonyl (C=O) groups is 2. The van der Waals surface area contributed by atoms with Crippen LogP contribution in [0.5, 0.6) is 0 Å². The summed E-state index contributed by atoms with van der Waals surface area (Å²) in [5.74, 6) is 0.666. The van der Waals surface area contributed by atoms with Crippen molar-refractivity contribution in [1.29, 1.82) is 0 Å². The number of amides is 1. The van der Waals surface area contributed by atoms with Crippen LogP contribution >= 0.6 is 11.8 Å². The molecule has 0 aliphatic heterocycles. The van der Waals surface area contributed by atoms with Gasteiger partial charge in [0.25, 0.3) is 0 Å². The van der Waals surface area contributed by atoms with Crippen LogP contribution in [0, 0.1) is 0 Å². The zero-order valence-electron chi connectivity index (χ0n) is 14.5. The standard InChI is InChI=1S/C18H24N2O3S/c1-5-24-16(21)15(20-17(22)23-18(2,3)4)10-12-11-19-14-9-7-6-8-13(12)14/h6-9,11,15,19H,5,10H2,1-4H3,(H,20,22)/t15-/m0/s1. The third-order valence-corrected chi connectivity index (χ3v) is 4.22. The van der Waals surface area contributed by atoms with E-state index in [0.29, 0.717) is 12.2 Å². The van der Waals surface area contributed by atoms with E-state index in [1.807, 2.05) is 37.4 Å². The van der Waals surface area contributed by atoms with Gasteiger partial charge in [0.05, 0.1) is 0 Å². The lowest BCUT2D eigenvalue weighted by Gasteiger charge is -2.22. The van der Waals surface area contributed by atoms with Gasteiger partial charge >= 0.3 is 6.09 Å². The van der Waals surface area contributed by atoms with E-state index in [0.717, 1.165) is 16.5 Å². The Labute approximate surface area is 146 Å². The van der Waals surface area contributed by atoms with Gasteiger partial charge in [-0.1, -0.05) is 36.9 Å². The van der Waals surface area contributed by atoms with Crippen molar-refractivity contribution in [1.82, 2.24) is 10.3 Å². The zero-order valence-corrected chi connectivity index (χ0v) is 15.3. The van der Waals surface area contributed by atoms with Gasteiger partial charge < -0.3 is 15.0 Å². The number of rotatable bonds is 5. The van der Waals surface area contributed by atoms with E-state index in [1.54, 1.807) is 20.8 Å². The van der Waals surface area contributed by atoms with Crippen molar-refractivity contribution in [3.8, 4) is 0 Å². The molecular weight excluding hydrogens is 324 g/mol. The summed E-state index contributed by atoms with van der Waals surface area (Å²) in [6, 6.07) is 7.28. The van der Waals surface area contributed by atoms with E-state index in [4.69, 9.17) is 4.74 Å². The van der Waals surface area contributed by atoms with Crippen LogP contribution in [0.4, 0.5) is 4.79 Å². The molecule has 0 saturated carbocycles. The summed E-state index contributed by atoms with van der Waals surface area (Å²) in [4.78, 5) is 27.7. The second kappa shape index (κ2) is 7.75. The first-order chi connectivity index (χ1) is 11.3. The summed E-state index contributed by atoms with van der Waals surface area (Å²) < 4.78 is 5.28. The van der Waals surface area contributed by atoms with Gasteiger partial charge in [0.15, 0.2) is 0 Å². The maximum absolute atomic E-state index is 12.4. The van der Waals surface area contributed by atoms with Crippen molar-refractivity contribution >= 4 is 33.9 Å². The normalized spacial score (nSPS) is 12.8. The molecule has 1 heterocycles. The number of hydrogen-bond acceptors (Lipinski definition) is 4. The number of aromatic amines is 1. The number of hydrogen-bond donors (Lipinski definition) is 2. The van der Waals surface area contributed by atoms with Crippen molar-refractivity contribution in [3.05, 3.63) is 36.0 Å². The summed E-state index contributed by atoms with van der Waals surface area (Å²) >= 11 is 1.21. The Morgan fingerprint density at radius 1 is 1.29 bits per heavy atom. The molecule has 5 nitrogen and oxygen atoms in total. The summed E-state index contributed by atoms with van der Waals surface area (Å²) in [5, 5.41) is 3.71. The second-order valence-corrected chi connectivity index (χ2v) is 7.78. The van der Waals surface area contributed by atoms with Crippen LogP contribution < -0.4 is 5.32 Å². The SMILES string of the molecule is CCSC(=O)[C@H](Cc1c[nH]c2ccccc12)NC(=O)OC(C)(C)C. The molecule has 130 valence electrons. The highest BCUT2D eigenvalue weighted by Gasteiger charge is 2.25. The second-order valence-electron chi connectivity index (χ2n) is 6.51. The molecule has 0 aliphatic carbocycles. The largest absolute Gasteiger partial charge is 0.444 e. The highest BCUT2D eigenvalue weighted by atomic mass is 32.2. The predicted octanol–water partition coefficient (Wildman–Crippen LogP) is 3.88. The Hall–Kier alpha value is -1.95. The minimum atomic E-state index is -0.621. The van der Waals surface area contributed by atoms with Crippen LogP contribution in [0.1, 0.15) is 33.3 Å². The fourth-order valence-electron chi connectivity index (χ4n) is 2.41. The molecule has 0 aliphatic rings. The molecular formula is C18H24N2O3S. The molecule has 6 heteroatoms. The van der Waals surface area contributed by atoms with Gasteiger partial charge in [-0.05, 0) is 38.2 Å². The van der Waals surface area contributed by atoms with Crippen LogP contribution in [-0.4, -0.2) is 33.6 Å². The first kappa shape index (κ1) is 18.4. The summed E-state index contributed by atoms with van der Waals surface area (Å²) in [6.45, 7) is 7.30. The number of thioether (sulfide) groups is 1. The highest BCUT2D eigenvalue weighted by Crippen LogP contribution is 2.21. The molecule has 1 aromatic heterocycles. The van der Waals surface area contributed by atoms with Crippen molar-refractivity contribution in [2.45, 2.75) is 45.8 Å². The van der Waals surface area contributed by atoms with E-state index in [9.17, 15) is 9.59 Å². The van der Waals surface area contributed by atoms with Crippen LogP contribution in [0.2, 0.25) is 0 Å². The molecule has 0 fully saturated rings. The third-order valence-electron chi connectivity index (χ3n) is 3.36. The molecule has 24 heavy (non-hydrogen) atoms. The number of carbonyl (C=O) groups excluding carboxylic acids is 2. The predicted molar refractivity (Wildman–Crippen MR) is 98.3 cm³/mol. The molecule has 1 amide bonds. The van der Waals surface area contributed by atoms with Crippen LogP contribution in [0.15, 0.2) is 30.5 Å². The number of nitrogens with one attached hydrogen (secondary N) is 2. The molecule has 0 unspecified atom stereocenters. The number of H-pyrrole nitrogens is 1. The molecule has 0 spiro atoms. The minimum absolute atomic E-state index is 0.0614. The lowest BCUT2D eigenvalue weighted by atomic mass is 10.1. The zero-order chi connectivity index (χ0) is 17.7. The summed E-state index contributed by atoms with van der Waals surface area (Å²) in [5.41, 5.74) is 1.41. The average molecular weight is 348 g/mol. The Bertz CT molecular complexity index is 718. The maximum atomic E-state index is 12.4. The Morgan fingerprint density at radius 2 is 2.00 bits per heavy atom. The molecule has 2 aromatic rings. The van der Waals surface area contributed by atoms with Gasteiger partial charge in [-0.3, -0.25) is 4.79 Å². The van der Waals surface area contributed by atoms with E-state index in [1.165, 1.54) is 11.8 Å². The Balaban J connectivity index is 2.17. The van der Waals surface area contributed by atoms with Crippen LogP contribution in [0.3, 0.4) is 0 Å². The number of ether oxygens (including phenoxy) is 1. The van der Waals surface area contributed by atoms with Crippen molar-refractivity contribution < 1.29 is 14.3 Å². The monoisotopic (exact) mass is 348 g/mol. The fourth-order valence-corrected chi connectivity index (χ4v) is 3.03.